The number of hydrogen-bond acceptors (Lipinski definition) is 1. The first-order valence-corrected chi connectivity index (χ1v) is 4.17. The average molecular weight is 160 g/mol. The normalized spacial score (nSPS) is 10.6. The fourth-order valence-corrected chi connectivity index (χ4v) is 1.19. The van der Waals surface area contributed by atoms with E-state index in [9.17, 15) is 5.11 Å². The van der Waals surface area contributed by atoms with Gasteiger partial charge in [0.25, 0.3) is 0 Å². The second kappa shape index (κ2) is 3.66. The Hall–Kier alpha value is -0.915. The van der Waals surface area contributed by atoms with Crippen molar-refractivity contribution in [2.75, 3.05) is 0 Å². The Labute approximate surface area is 74.8 Å². The molecular formula is C10H13BO. The van der Waals surface area contributed by atoms with Crippen LogP contribution in [0.5, 0.6) is 5.75 Å². The summed E-state index contributed by atoms with van der Waals surface area (Å²) < 4.78 is 0. The van der Waals surface area contributed by atoms with Gasteiger partial charge in [0.1, 0.15) is 5.75 Å². The van der Waals surface area contributed by atoms with Crippen LogP contribution in [0.3, 0.4) is 0 Å². The fraction of sp³-hybridized carbons (Fsp3) is 0.400. The molecular weight excluding hydrogens is 147 g/mol. The first-order valence-electron chi connectivity index (χ1n) is 4.17. The summed E-state index contributed by atoms with van der Waals surface area (Å²) in [4.78, 5) is 0. The van der Waals surface area contributed by atoms with Crippen molar-refractivity contribution >= 4 is 7.85 Å². The van der Waals surface area contributed by atoms with Crippen LogP contribution in [0.15, 0.2) is 18.2 Å². The Bertz CT molecular complexity index is 269. The molecule has 0 unspecified atom stereocenters. The Morgan fingerprint density at radius 2 is 2.08 bits per heavy atom. The molecule has 1 aromatic carbocycles. The molecule has 0 saturated carbocycles. The van der Waals surface area contributed by atoms with Gasteiger partial charge in [-0.1, -0.05) is 37.9 Å². The highest BCUT2D eigenvalue weighted by Crippen LogP contribution is 2.25. The Kier molecular flexibility index (Phi) is 2.80. The topological polar surface area (TPSA) is 20.2 Å². The smallest absolute Gasteiger partial charge is 0.119 e. The first-order chi connectivity index (χ1) is 5.65. The van der Waals surface area contributed by atoms with Crippen LogP contribution in [0.4, 0.5) is 0 Å². The molecule has 0 atom stereocenters. The molecule has 0 heterocycles. The van der Waals surface area contributed by atoms with Gasteiger partial charge >= 0.3 is 0 Å². The van der Waals surface area contributed by atoms with Crippen molar-refractivity contribution in [2.24, 2.45) is 0 Å². The van der Waals surface area contributed by atoms with Crippen molar-refractivity contribution in [3.05, 3.63) is 29.3 Å². The summed E-state index contributed by atoms with van der Waals surface area (Å²) in [6, 6.07) is 5.51. The molecule has 1 nitrogen and oxygen atoms in total. The minimum absolute atomic E-state index is 0.344. The summed E-state index contributed by atoms with van der Waals surface area (Å²) in [6.07, 6.45) is 0.528. The third-order valence-electron chi connectivity index (χ3n) is 1.95. The van der Waals surface area contributed by atoms with E-state index in [1.54, 1.807) is 6.07 Å². The van der Waals surface area contributed by atoms with Gasteiger partial charge in [-0.15, -0.1) is 0 Å². The van der Waals surface area contributed by atoms with Crippen molar-refractivity contribution in [2.45, 2.75) is 26.1 Å². The second-order valence-corrected chi connectivity index (χ2v) is 3.25. The molecule has 0 spiro atoms. The molecule has 2 radical (unpaired) electrons. The zero-order chi connectivity index (χ0) is 9.14. The van der Waals surface area contributed by atoms with Crippen molar-refractivity contribution in [3.63, 3.8) is 0 Å². The quantitative estimate of drug-likeness (QED) is 0.657. The standard InChI is InChI=1S/C10H13BO/c1-7(2)9-5-8(6-11)3-4-10(9)12/h3-5,7,12H,6H2,1-2H3. The molecule has 2 heteroatoms. The van der Waals surface area contributed by atoms with Crippen LogP contribution in [0.25, 0.3) is 0 Å². The molecule has 62 valence electrons. The summed E-state index contributed by atoms with van der Waals surface area (Å²) in [5.41, 5.74) is 2.04. The van der Waals surface area contributed by atoms with Crippen LogP contribution in [0.1, 0.15) is 30.9 Å². The summed E-state index contributed by atoms with van der Waals surface area (Å²) in [7, 11) is 5.49. The van der Waals surface area contributed by atoms with E-state index in [1.807, 2.05) is 12.1 Å². The highest BCUT2D eigenvalue weighted by atomic mass is 16.3. The van der Waals surface area contributed by atoms with Crippen LogP contribution >= 0.6 is 0 Å². The molecule has 0 aliphatic carbocycles. The second-order valence-electron chi connectivity index (χ2n) is 3.25. The maximum absolute atomic E-state index is 9.46. The lowest BCUT2D eigenvalue weighted by Crippen LogP contribution is -1.91. The van der Waals surface area contributed by atoms with Gasteiger partial charge in [0, 0.05) is 0 Å². The van der Waals surface area contributed by atoms with E-state index in [2.05, 4.69) is 13.8 Å². The molecule has 0 amide bonds. The summed E-state index contributed by atoms with van der Waals surface area (Å²) in [5.74, 6) is 0.707. The Morgan fingerprint density at radius 3 is 2.58 bits per heavy atom. The SMILES string of the molecule is [B]Cc1ccc(O)c(C(C)C)c1. The zero-order valence-corrected chi connectivity index (χ0v) is 7.54. The molecule has 1 rings (SSSR count). The van der Waals surface area contributed by atoms with Crippen LogP contribution in [-0.4, -0.2) is 13.0 Å². The highest BCUT2D eigenvalue weighted by molar-refractivity contribution is 6.08. The lowest BCUT2D eigenvalue weighted by atomic mass is 9.92. The zero-order valence-electron chi connectivity index (χ0n) is 7.54. The number of aromatic hydroxyl groups is 1. The molecule has 0 aliphatic rings. The fourth-order valence-electron chi connectivity index (χ4n) is 1.19. The maximum Gasteiger partial charge on any atom is 0.119 e. The minimum Gasteiger partial charge on any atom is -0.508 e. The van der Waals surface area contributed by atoms with Gasteiger partial charge in [0.15, 0.2) is 0 Å². The van der Waals surface area contributed by atoms with Crippen molar-refractivity contribution < 1.29 is 5.11 Å². The van der Waals surface area contributed by atoms with Gasteiger partial charge in [0.05, 0.1) is 7.85 Å². The molecule has 1 N–H and O–H groups in total. The summed E-state index contributed by atoms with van der Waals surface area (Å²) >= 11 is 0. The molecule has 12 heavy (non-hydrogen) atoms. The number of phenolic OH excluding ortho intramolecular Hbond substituents is 1. The first kappa shape index (κ1) is 9.18. The van der Waals surface area contributed by atoms with E-state index in [0.29, 0.717) is 18.0 Å². The van der Waals surface area contributed by atoms with Crippen LogP contribution in [0.2, 0.25) is 0 Å². The highest BCUT2D eigenvalue weighted by Gasteiger charge is 2.05. The van der Waals surface area contributed by atoms with Gasteiger partial charge in [-0.25, -0.2) is 0 Å². The molecule has 1 aromatic rings. The van der Waals surface area contributed by atoms with Crippen molar-refractivity contribution in [3.8, 4) is 5.75 Å². The van der Waals surface area contributed by atoms with E-state index < -0.39 is 0 Å². The molecule has 0 saturated heterocycles. The molecule has 0 aromatic heterocycles. The van der Waals surface area contributed by atoms with Crippen LogP contribution in [0, 0.1) is 0 Å². The lowest BCUT2D eigenvalue weighted by Gasteiger charge is -2.09. The summed E-state index contributed by atoms with van der Waals surface area (Å²) in [5, 5.41) is 9.46. The van der Waals surface area contributed by atoms with E-state index in [4.69, 9.17) is 7.85 Å². The van der Waals surface area contributed by atoms with Gasteiger partial charge in [-0.2, -0.15) is 0 Å². The van der Waals surface area contributed by atoms with Gasteiger partial charge < -0.3 is 5.11 Å². The van der Waals surface area contributed by atoms with Gasteiger partial charge in [-0.3, -0.25) is 0 Å². The van der Waals surface area contributed by atoms with E-state index in [1.165, 1.54) is 0 Å². The number of rotatable bonds is 2. The largest absolute Gasteiger partial charge is 0.508 e. The monoisotopic (exact) mass is 160 g/mol. The Balaban J connectivity index is 3.08. The lowest BCUT2D eigenvalue weighted by molar-refractivity contribution is 0.464. The van der Waals surface area contributed by atoms with Crippen LogP contribution < -0.4 is 0 Å². The summed E-state index contributed by atoms with van der Waals surface area (Å²) in [6.45, 7) is 4.10. The number of hydrogen-bond donors (Lipinski definition) is 1. The van der Waals surface area contributed by atoms with Crippen LogP contribution in [-0.2, 0) is 6.32 Å². The maximum atomic E-state index is 9.46. The minimum atomic E-state index is 0.344. The van der Waals surface area contributed by atoms with E-state index >= 15 is 0 Å². The average Bonchev–Trinajstić information content (AvgIpc) is 2.05. The number of benzene rings is 1. The van der Waals surface area contributed by atoms with Crippen molar-refractivity contribution in [1.82, 2.24) is 0 Å². The van der Waals surface area contributed by atoms with Gasteiger partial charge in [-0.05, 0) is 17.5 Å². The molecule has 0 bridgehead atoms. The van der Waals surface area contributed by atoms with Gasteiger partial charge in [0.2, 0.25) is 0 Å². The number of phenols is 1. The van der Waals surface area contributed by atoms with E-state index in [-0.39, 0.29) is 0 Å². The predicted octanol–water partition coefficient (Wildman–Crippen LogP) is 2.18. The molecule has 0 aliphatic heterocycles. The van der Waals surface area contributed by atoms with Crippen molar-refractivity contribution in [1.29, 1.82) is 0 Å². The predicted molar refractivity (Wildman–Crippen MR) is 51.7 cm³/mol. The molecule has 0 fully saturated rings. The Morgan fingerprint density at radius 1 is 1.42 bits per heavy atom. The third-order valence-corrected chi connectivity index (χ3v) is 1.95. The van der Waals surface area contributed by atoms with E-state index in [0.717, 1.165) is 11.1 Å². The third kappa shape index (κ3) is 1.82.